The molecule has 0 spiro atoms. The first-order chi connectivity index (χ1) is 16.2. The Bertz CT molecular complexity index is 1150. The summed E-state index contributed by atoms with van der Waals surface area (Å²) in [7, 11) is 1.66. The van der Waals surface area contributed by atoms with Crippen LogP contribution in [-0.2, 0) is 4.79 Å². The van der Waals surface area contributed by atoms with Crippen LogP contribution in [0, 0.1) is 5.92 Å². The predicted octanol–water partition coefficient (Wildman–Crippen LogP) is 4.09. The van der Waals surface area contributed by atoms with Gasteiger partial charge in [0.15, 0.2) is 11.5 Å². The van der Waals surface area contributed by atoms with Crippen LogP contribution in [0.3, 0.4) is 0 Å². The largest absolute Gasteiger partial charge is 0.493 e. The van der Waals surface area contributed by atoms with Gasteiger partial charge < -0.3 is 19.5 Å². The minimum absolute atomic E-state index is 0.0678. The fraction of sp³-hybridized carbons (Fsp3) is 0.400. The van der Waals surface area contributed by atoms with E-state index in [2.05, 4.69) is 10.3 Å². The highest BCUT2D eigenvalue weighted by atomic mass is 32.2. The summed E-state index contributed by atoms with van der Waals surface area (Å²) in [6.07, 6.45) is 4.57. The number of nitrogens with one attached hydrogen (secondary N) is 1. The average Bonchev–Trinajstić information content (AvgIpc) is 3.28. The van der Waals surface area contributed by atoms with Gasteiger partial charge in [0.25, 0.3) is 0 Å². The van der Waals surface area contributed by atoms with Crippen LogP contribution in [0.15, 0.2) is 42.6 Å². The number of benzene rings is 1. The molecule has 8 heteroatoms. The quantitative estimate of drug-likeness (QED) is 0.563. The Hall–Kier alpha value is -3.00. The van der Waals surface area contributed by atoms with Crippen molar-refractivity contribution in [2.45, 2.75) is 25.4 Å². The molecule has 2 aliphatic rings. The molecule has 1 amide bonds. The number of nitrogens with zero attached hydrogens (tertiary/aromatic N) is 2. The third-order valence-corrected chi connectivity index (χ3v) is 7.05. The van der Waals surface area contributed by atoms with Crippen molar-refractivity contribution in [3.63, 3.8) is 0 Å². The Balaban J connectivity index is 1.43. The lowest BCUT2D eigenvalue weighted by molar-refractivity contribution is -0.119. The Morgan fingerprint density at radius 2 is 2.03 bits per heavy atom. The molecule has 2 aromatic heterocycles. The summed E-state index contributed by atoms with van der Waals surface area (Å²) in [5.74, 6) is 4.44. The van der Waals surface area contributed by atoms with E-state index in [0.29, 0.717) is 31.2 Å². The molecule has 0 unspecified atom stereocenters. The van der Waals surface area contributed by atoms with Gasteiger partial charge in [-0.1, -0.05) is 0 Å². The van der Waals surface area contributed by atoms with Gasteiger partial charge in [-0.3, -0.25) is 9.78 Å². The highest BCUT2D eigenvalue weighted by Crippen LogP contribution is 2.36. The van der Waals surface area contributed by atoms with Gasteiger partial charge >= 0.3 is 0 Å². The van der Waals surface area contributed by atoms with Gasteiger partial charge in [-0.15, -0.1) is 0 Å². The molecule has 172 valence electrons. The number of fused-ring (bicyclic) bond motifs is 1. The van der Waals surface area contributed by atoms with Crippen LogP contribution in [0.2, 0.25) is 0 Å². The third-order valence-electron chi connectivity index (χ3n) is 6.00. The van der Waals surface area contributed by atoms with E-state index in [1.807, 2.05) is 48.2 Å². The zero-order valence-electron chi connectivity index (χ0n) is 18.6. The maximum Gasteiger partial charge on any atom is 0.223 e. The molecule has 0 radical (unpaired) electrons. The van der Waals surface area contributed by atoms with Crippen LogP contribution in [0.4, 0.5) is 0 Å². The van der Waals surface area contributed by atoms with Crippen LogP contribution >= 0.6 is 11.8 Å². The zero-order chi connectivity index (χ0) is 22.6. The number of ether oxygens (including phenoxy) is 3. The number of thioether (sulfide) groups is 1. The van der Waals surface area contributed by atoms with E-state index in [1.54, 1.807) is 13.3 Å². The zero-order valence-corrected chi connectivity index (χ0v) is 19.4. The van der Waals surface area contributed by atoms with Gasteiger partial charge in [0.1, 0.15) is 6.10 Å². The van der Waals surface area contributed by atoms with Crippen LogP contribution in [0.5, 0.6) is 17.4 Å². The first kappa shape index (κ1) is 21.8. The van der Waals surface area contributed by atoms with E-state index in [4.69, 9.17) is 19.2 Å². The normalized spacial score (nSPS) is 18.8. The van der Waals surface area contributed by atoms with E-state index in [1.165, 1.54) is 0 Å². The van der Waals surface area contributed by atoms with Gasteiger partial charge in [0.2, 0.25) is 11.8 Å². The number of methoxy groups -OCH3 is 1. The number of hydrogen-bond acceptors (Lipinski definition) is 7. The fourth-order valence-corrected chi connectivity index (χ4v) is 5.24. The van der Waals surface area contributed by atoms with Crippen LogP contribution in [0.25, 0.3) is 22.2 Å². The maximum absolute atomic E-state index is 11.5. The molecule has 2 aliphatic heterocycles. The van der Waals surface area contributed by atoms with E-state index in [-0.39, 0.29) is 17.9 Å². The second-order valence-corrected chi connectivity index (χ2v) is 9.59. The van der Waals surface area contributed by atoms with Crippen LogP contribution < -0.4 is 19.5 Å². The van der Waals surface area contributed by atoms with Gasteiger partial charge in [-0.2, -0.15) is 11.8 Å². The smallest absolute Gasteiger partial charge is 0.223 e. The second-order valence-electron chi connectivity index (χ2n) is 8.36. The topological polar surface area (TPSA) is 82.6 Å². The molecule has 0 saturated carbocycles. The average molecular weight is 466 g/mol. The number of rotatable bonds is 7. The third kappa shape index (κ3) is 5.00. The van der Waals surface area contributed by atoms with E-state index in [0.717, 1.165) is 52.3 Å². The molecular weight excluding hydrogens is 438 g/mol. The fourth-order valence-electron chi connectivity index (χ4n) is 4.18. The molecule has 0 aliphatic carbocycles. The molecule has 2 saturated heterocycles. The van der Waals surface area contributed by atoms with Crippen LogP contribution in [-0.4, -0.2) is 53.7 Å². The molecule has 1 aromatic carbocycles. The summed E-state index contributed by atoms with van der Waals surface area (Å²) >= 11 is 1.98. The van der Waals surface area contributed by atoms with Crippen molar-refractivity contribution >= 4 is 28.6 Å². The molecule has 1 atom stereocenters. The predicted molar refractivity (Wildman–Crippen MR) is 129 cm³/mol. The molecule has 0 bridgehead atoms. The Morgan fingerprint density at radius 3 is 2.82 bits per heavy atom. The molecule has 33 heavy (non-hydrogen) atoms. The highest BCUT2D eigenvalue weighted by Gasteiger charge is 2.23. The summed E-state index contributed by atoms with van der Waals surface area (Å²) in [6.45, 7) is 1.06. The lowest BCUT2D eigenvalue weighted by atomic mass is 10.1. The number of carbonyl (C=O) groups excluding carboxylic acids is 1. The van der Waals surface area contributed by atoms with Crippen molar-refractivity contribution in [3.05, 3.63) is 42.6 Å². The molecule has 1 N–H and O–H groups in total. The first-order valence-electron chi connectivity index (χ1n) is 11.3. The second kappa shape index (κ2) is 9.87. The van der Waals surface area contributed by atoms with Crippen molar-refractivity contribution in [2.75, 3.05) is 31.8 Å². The number of pyridine rings is 2. The lowest BCUT2D eigenvalue weighted by Crippen LogP contribution is -2.22. The van der Waals surface area contributed by atoms with Gasteiger partial charge in [0.05, 0.1) is 30.3 Å². The van der Waals surface area contributed by atoms with Crippen LogP contribution in [0.1, 0.15) is 19.3 Å². The van der Waals surface area contributed by atoms with Gasteiger partial charge in [-0.25, -0.2) is 4.98 Å². The van der Waals surface area contributed by atoms with Crippen molar-refractivity contribution in [1.82, 2.24) is 15.3 Å². The van der Waals surface area contributed by atoms with Crippen molar-refractivity contribution in [1.29, 1.82) is 0 Å². The Kier molecular flexibility index (Phi) is 6.53. The number of aromatic nitrogens is 2. The summed E-state index contributed by atoms with van der Waals surface area (Å²) < 4.78 is 18.0. The van der Waals surface area contributed by atoms with E-state index >= 15 is 0 Å². The molecule has 7 nitrogen and oxygen atoms in total. The maximum atomic E-state index is 11.5. The Labute approximate surface area is 197 Å². The molecule has 3 aromatic rings. The first-order valence-corrected chi connectivity index (χ1v) is 12.4. The summed E-state index contributed by atoms with van der Waals surface area (Å²) in [5.41, 5.74) is 2.45. The standard InChI is InChI=1S/C25H27N3O4S/c1-30-23-12-17(4-5-22(23)32-18-6-9-33-10-7-18)20-13-21-19(3-2-8-26-21)25(28-20)31-15-16-11-24(29)27-14-16/h2-5,8,12-13,16,18H,6-7,9-11,14-15H2,1H3,(H,27,29)/t16-/m1/s1. The van der Waals surface area contributed by atoms with Crippen molar-refractivity contribution in [2.24, 2.45) is 5.92 Å². The van der Waals surface area contributed by atoms with Crippen molar-refractivity contribution < 1.29 is 19.0 Å². The highest BCUT2D eigenvalue weighted by molar-refractivity contribution is 7.99. The van der Waals surface area contributed by atoms with Crippen molar-refractivity contribution in [3.8, 4) is 28.6 Å². The summed E-state index contributed by atoms with van der Waals surface area (Å²) in [5, 5.41) is 3.70. The number of carbonyl (C=O) groups is 1. The molecule has 2 fully saturated rings. The Morgan fingerprint density at radius 1 is 1.15 bits per heavy atom. The minimum Gasteiger partial charge on any atom is -0.493 e. The lowest BCUT2D eigenvalue weighted by Gasteiger charge is -2.24. The monoisotopic (exact) mass is 465 g/mol. The molecular formula is C25H27N3O4S. The van der Waals surface area contributed by atoms with E-state index < -0.39 is 0 Å². The minimum atomic E-state index is 0.0678. The molecule has 5 rings (SSSR count). The summed E-state index contributed by atoms with van der Waals surface area (Å²) in [4.78, 5) is 20.8. The van der Waals surface area contributed by atoms with Gasteiger partial charge in [0, 0.05) is 30.6 Å². The van der Waals surface area contributed by atoms with Gasteiger partial charge in [-0.05, 0) is 60.7 Å². The van der Waals surface area contributed by atoms with E-state index in [9.17, 15) is 4.79 Å². The SMILES string of the molecule is COc1cc(-c2cc3ncccc3c(OC[C@H]3CNC(=O)C3)n2)ccc1OC1CCSCC1. The number of amides is 1. The summed E-state index contributed by atoms with van der Waals surface area (Å²) in [6, 6.07) is 11.7. The number of hydrogen-bond donors (Lipinski definition) is 1. The molecule has 4 heterocycles.